The van der Waals surface area contributed by atoms with Crippen LogP contribution in [-0.4, -0.2) is 50.2 Å². The fraction of sp³-hybridized carbons (Fsp3) is 0.333. The molecule has 126 valence electrons. The van der Waals surface area contributed by atoms with Gasteiger partial charge in [0.05, 0.1) is 11.3 Å². The van der Waals surface area contributed by atoms with Gasteiger partial charge in [0.25, 0.3) is 0 Å². The maximum Gasteiger partial charge on any atom is 0.407 e. The number of hydrogen-bond acceptors (Lipinski definition) is 5. The minimum Gasteiger partial charge on any atom is -0.465 e. The van der Waals surface area contributed by atoms with Crippen LogP contribution in [0.15, 0.2) is 29.0 Å². The summed E-state index contributed by atoms with van der Waals surface area (Å²) in [7, 11) is 0. The normalized spacial score (nSPS) is 17.6. The Labute approximate surface area is 146 Å². The molecular formula is C15H15BrFN5O2. The first-order valence-electron chi connectivity index (χ1n) is 7.42. The second kappa shape index (κ2) is 7.08. The monoisotopic (exact) mass is 395 g/mol. The summed E-state index contributed by atoms with van der Waals surface area (Å²) < 4.78 is 14.6. The molecule has 1 unspecified atom stereocenters. The molecule has 1 aliphatic rings. The third-order valence-electron chi connectivity index (χ3n) is 3.76. The molecular weight excluding hydrogens is 381 g/mol. The number of rotatable bonds is 3. The standard InChI is InChI=1S/C15H15BrFN5O2/c16-9-6-11(13(17)19-7-9)12-3-4-18-14(21-12)20-10-2-1-5-22(8-10)15(23)24/h3-4,6-7,10H,1-2,5,8H2,(H,23,24)(H,18,20,21). The minimum atomic E-state index is -0.932. The van der Waals surface area contributed by atoms with Crippen LogP contribution in [0.5, 0.6) is 0 Å². The molecule has 3 heterocycles. The molecule has 7 nitrogen and oxygen atoms in total. The lowest BCUT2D eigenvalue weighted by Gasteiger charge is -2.31. The quantitative estimate of drug-likeness (QED) is 0.776. The maximum absolute atomic E-state index is 13.9. The summed E-state index contributed by atoms with van der Waals surface area (Å²) in [6, 6.07) is 3.12. The third kappa shape index (κ3) is 3.78. The Kier molecular flexibility index (Phi) is 4.89. The van der Waals surface area contributed by atoms with Crippen LogP contribution in [0.1, 0.15) is 12.8 Å². The van der Waals surface area contributed by atoms with Crippen LogP contribution < -0.4 is 5.32 Å². The summed E-state index contributed by atoms with van der Waals surface area (Å²) in [5.74, 6) is -0.276. The van der Waals surface area contributed by atoms with Gasteiger partial charge in [0.15, 0.2) is 0 Å². The SMILES string of the molecule is O=C(O)N1CCCC(Nc2nccc(-c3cc(Br)cnc3F)n2)C1. The number of pyridine rings is 1. The summed E-state index contributed by atoms with van der Waals surface area (Å²) in [4.78, 5) is 24.6. The number of halogens is 2. The lowest BCUT2D eigenvalue weighted by Crippen LogP contribution is -2.44. The van der Waals surface area contributed by atoms with Crippen LogP contribution in [0, 0.1) is 5.95 Å². The maximum atomic E-state index is 13.9. The highest BCUT2D eigenvalue weighted by Crippen LogP contribution is 2.24. The predicted octanol–water partition coefficient (Wildman–Crippen LogP) is 2.99. The summed E-state index contributed by atoms with van der Waals surface area (Å²) in [6.45, 7) is 0.902. The smallest absolute Gasteiger partial charge is 0.407 e. The zero-order chi connectivity index (χ0) is 17.1. The van der Waals surface area contributed by atoms with E-state index in [0.29, 0.717) is 29.2 Å². The average Bonchev–Trinajstić information content (AvgIpc) is 2.57. The van der Waals surface area contributed by atoms with Gasteiger partial charge in [0.1, 0.15) is 0 Å². The van der Waals surface area contributed by atoms with Crippen molar-refractivity contribution >= 4 is 28.0 Å². The Bertz CT molecular complexity index is 760. The Morgan fingerprint density at radius 1 is 1.46 bits per heavy atom. The number of amides is 1. The number of nitrogens with zero attached hydrogens (tertiary/aromatic N) is 4. The van der Waals surface area contributed by atoms with Crippen molar-refractivity contribution in [1.82, 2.24) is 19.9 Å². The Morgan fingerprint density at radius 2 is 2.29 bits per heavy atom. The van der Waals surface area contributed by atoms with Gasteiger partial charge in [-0.25, -0.2) is 19.7 Å². The molecule has 0 aromatic carbocycles. The second-order valence-corrected chi connectivity index (χ2v) is 6.39. The zero-order valence-corrected chi connectivity index (χ0v) is 14.2. The van der Waals surface area contributed by atoms with Gasteiger partial charge in [-0.3, -0.25) is 0 Å². The van der Waals surface area contributed by atoms with Crippen molar-refractivity contribution in [3.05, 3.63) is 34.9 Å². The Morgan fingerprint density at radius 3 is 3.08 bits per heavy atom. The highest BCUT2D eigenvalue weighted by atomic mass is 79.9. The average molecular weight is 396 g/mol. The molecule has 0 spiro atoms. The van der Waals surface area contributed by atoms with Gasteiger partial charge >= 0.3 is 6.09 Å². The number of likely N-dealkylation sites (tertiary alicyclic amines) is 1. The molecule has 0 bridgehead atoms. The molecule has 2 aromatic rings. The fourth-order valence-electron chi connectivity index (χ4n) is 2.63. The largest absolute Gasteiger partial charge is 0.465 e. The van der Waals surface area contributed by atoms with Gasteiger partial charge in [-0.05, 0) is 40.9 Å². The van der Waals surface area contributed by atoms with Crippen molar-refractivity contribution in [3.63, 3.8) is 0 Å². The summed E-state index contributed by atoms with van der Waals surface area (Å²) in [5, 5.41) is 12.2. The first-order chi connectivity index (χ1) is 11.5. The van der Waals surface area contributed by atoms with Gasteiger partial charge in [-0.2, -0.15) is 4.39 Å². The van der Waals surface area contributed by atoms with E-state index in [-0.39, 0.29) is 11.6 Å². The second-order valence-electron chi connectivity index (χ2n) is 5.47. The number of carbonyl (C=O) groups is 1. The van der Waals surface area contributed by atoms with Gasteiger partial charge in [0.2, 0.25) is 11.9 Å². The first kappa shape index (κ1) is 16.6. The van der Waals surface area contributed by atoms with Crippen LogP contribution >= 0.6 is 15.9 Å². The van der Waals surface area contributed by atoms with Crippen LogP contribution in [0.25, 0.3) is 11.3 Å². The van der Waals surface area contributed by atoms with Crippen LogP contribution in [0.4, 0.5) is 15.1 Å². The molecule has 0 saturated carbocycles. The van der Waals surface area contributed by atoms with Gasteiger partial charge in [0, 0.05) is 36.0 Å². The van der Waals surface area contributed by atoms with E-state index in [4.69, 9.17) is 5.11 Å². The molecule has 1 saturated heterocycles. The molecule has 9 heteroatoms. The van der Waals surface area contributed by atoms with E-state index < -0.39 is 12.0 Å². The van der Waals surface area contributed by atoms with Gasteiger partial charge < -0.3 is 15.3 Å². The van der Waals surface area contributed by atoms with Crippen LogP contribution in [0.2, 0.25) is 0 Å². The number of anilines is 1. The van der Waals surface area contributed by atoms with Crippen molar-refractivity contribution in [3.8, 4) is 11.3 Å². The van der Waals surface area contributed by atoms with E-state index in [1.165, 1.54) is 17.3 Å². The van der Waals surface area contributed by atoms with Crippen molar-refractivity contribution in [1.29, 1.82) is 0 Å². The zero-order valence-electron chi connectivity index (χ0n) is 12.6. The van der Waals surface area contributed by atoms with E-state index in [1.54, 1.807) is 12.1 Å². The third-order valence-corrected chi connectivity index (χ3v) is 4.20. The molecule has 0 radical (unpaired) electrons. The van der Waals surface area contributed by atoms with Crippen LogP contribution in [0.3, 0.4) is 0 Å². The van der Waals surface area contributed by atoms with E-state index in [2.05, 4.69) is 36.2 Å². The number of nitrogens with one attached hydrogen (secondary N) is 1. The van der Waals surface area contributed by atoms with E-state index >= 15 is 0 Å². The molecule has 2 N–H and O–H groups in total. The van der Waals surface area contributed by atoms with Crippen molar-refractivity contribution in [2.45, 2.75) is 18.9 Å². The van der Waals surface area contributed by atoms with Gasteiger partial charge in [-0.1, -0.05) is 0 Å². The highest BCUT2D eigenvalue weighted by Gasteiger charge is 2.23. The summed E-state index contributed by atoms with van der Waals surface area (Å²) >= 11 is 3.26. The first-order valence-corrected chi connectivity index (χ1v) is 8.21. The molecule has 0 aliphatic carbocycles. The minimum absolute atomic E-state index is 0.0735. The molecule has 2 aromatic heterocycles. The predicted molar refractivity (Wildman–Crippen MR) is 89.2 cm³/mol. The lowest BCUT2D eigenvalue weighted by atomic mass is 10.1. The number of hydrogen-bond donors (Lipinski definition) is 2. The van der Waals surface area contributed by atoms with Crippen molar-refractivity contribution in [2.75, 3.05) is 18.4 Å². The highest BCUT2D eigenvalue weighted by molar-refractivity contribution is 9.10. The Hall–Kier alpha value is -2.29. The molecule has 1 amide bonds. The number of carboxylic acid groups (broad SMARTS) is 1. The summed E-state index contributed by atoms with van der Waals surface area (Å²) in [6.07, 6.45) is 3.57. The van der Waals surface area contributed by atoms with Crippen molar-refractivity contribution in [2.24, 2.45) is 0 Å². The fourth-order valence-corrected chi connectivity index (χ4v) is 2.96. The molecule has 1 atom stereocenters. The van der Waals surface area contributed by atoms with E-state index in [0.717, 1.165) is 12.8 Å². The van der Waals surface area contributed by atoms with Gasteiger partial charge in [-0.15, -0.1) is 0 Å². The van der Waals surface area contributed by atoms with E-state index in [9.17, 15) is 9.18 Å². The Balaban J connectivity index is 1.78. The molecule has 1 aliphatic heterocycles. The molecule has 1 fully saturated rings. The lowest BCUT2D eigenvalue weighted by molar-refractivity contribution is 0.132. The number of aromatic nitrogens is 3. The molecule has 3 rings (SSSR count). The molecule has 24 heavy (non-hydrogen) atoms. The van der Waals surface area contributed by atoms with Crippen LogP contribution in [-0.2, 0) is 0 Å². The number of piperidine rings is 1. The summed E-state index contributed by atoms with van der Waals surface area (Å²) in [5.41, 5.74) is 0.676. The topological polar surface area (TPSA) is 91.2 Å². The van der Waals surface area contributed by atoms with E-state index in [1.807, 2.05) is 0 Å². The van der Waals surface area contributed by atoms with Crippen molar-refractivity contribution < 1.29 is 14.3 Å².